The van der Waals surface area contributed by atoms with Crippen LogP contribution in [-0.4, -0.2) is 190 Å². The second kappa shape index (κ2) is 33.2. The minimum atomic E-state index is -4.24. The summed E-state index contributed by atoms with van der Waals surface area (Å²) in [6.07, 6.45) is 2.53. The predicted molar refractivity (Wildman–Crippen MR) is 430 cm³/mol. The zero-order chi connectivity index (χ0) is 85.7. The lowest BCUT2D eigenvalue weighted by Crippen LogP contribution is -2.59. The molecule has 4 aliphatic heterocycles. The van der Waals surface area contributed by atoms with Gasteiger partial charge in [0.15, 0.2) is 0 Å². The van der Waals surface area contributed by atoms with Crippen molar-refractivity contribution in [3.63, 3.8) is 0 Å². The Morgan fingerprint density at radius 2 is 0.908 bits per heavy atom. The van der Waals surface area contributed by atoms with E-state index in [0.29, 0.717) is 96.3 Å². The summed E-state index contributed by atoms with van der Waals surface area (Å²) < 4.78 is 148. The van der Waals surface area contributed by atoms with Crippen molar-refractivity contribution in [2.75, 3.05) is 27.3 Å². The molecular formula is C85H118F4N10O18S2. The van der Waals surface area contributed by atoms with Crippen molar-refractivity contribution in [1.82, 2.24) is 49.8 Å². The van der Waals surface area contributed by atoms with E-state index in [0.717, 1.165) is 64.2 Å². The summed E-state index contributed by atoms with van der Waals surface area (Å²) in [7, 11) is -5.39. The molecule has 6 heterocycles. The van der Waals surface area contributed by atoms with E-state index in [4.69, 9.17) is 48.4 Å². The van der Waals surface area contributed by atoms with Crippen LogP contribution < -0.4 is 39.0 Å². The zero-order valence-electron chi connectivity index (χ0n) is 69.9. The maximum absolute atomic E-state index is 14.9. The molecular weight excluding hydrogens is 1590 g/mol. The van der Waals surface area contributed by atoms with E-state index < -0.39 is 196 Å². The Hall–Kier alpha value is -8.30. The van der Waals surface area contributed by atoms with Crippen LogP contribution in [0.15, 0.2) is 36.4 Å². The van der Waals surface area contributed by atoms with Gasteiger partial charge in [-0.3, -0.25) is 47.8 Å². The molecule has 4 N–H and O–H groups in total. The fourth-order valence-electron chi connectivity index (χ4n) is 18.1. The van der Waals surface area contributed by atoms with Crippen molar-refractivity contribution in [1.29, 1.82) is 0 Å². The topological polar surface area (TPSA) is 366 Å². The standard InChI is InChI=1S/2C42H57F2N5O9S.CH4/c2*1-8-41-20-24(41)12-10-9-11-13-29-36(46-30-18-25(56-7)14-15-28(30)45-29)57-31-22-49(37(52)26(39(3,4)5)19-32(50)58-41)33(23(31)2)35(51)47-42(21-27(42)34(43)44)38(53)48-59(54,55)40(6)16-17-40;/h2*14-15,18,23-24,26-27,31,33-34H,8-13,16-17,19-22H2,1-7H3,(H,47,51)(H,48,53);1H4/t23-,24+,26-,27+,31+,33+,41+,42-;23-,24-,26-,27+,31+,33+,41-,42-;/m11./s1. The summed E-state index contributed by atoms with van der Waals surface area (Å²) in [4.78, 5) is 136. The Bertz CT molecular complexity index is 4550. The number of hydrogen-bond acceptors (Lipinski definition) is 22. The van der Waals surface area contributed by atoms with Gasteiger partial charge in [0, 0.05) is 35.8 Å². The van der Waals surface area contributed by atoms with Gasteiger partial charge in [0.2, 0.25) is 68.3 Å². The molecule has 0 radical (unpaired) electrons. The number of amides is 6. The minimum Gasteiger partial charge on any atom is -0.497 e. The number of esters is 2. The molecule has 2 saturated heterocycles. The van der Waals surface area contributed by atoms with Crippen molar-refractivity contribution in [3.05, 3.63) is 47.8 Å². The summed E-state index contributed by atoms with van der Waals surface area (Å²) in [6, 6.07) is 7.91. The molecule has 4 aromatic rings. The van der Waals surface area contributed by atoms with Gasteiger partial charge < -0.3 is 48.9 Å². The number of alkyl halides is 4. The van der Waals surface area contributed by atoms with Crippen molar-refractivity contribution in [3.8, 4) is 23.3 Å². The monoisotopic (exact) mass is 1710 g/mol. The van der Waals surface area contributed by atoms with Crippen molar-refractivity contribution in [2.24, 2.45) is 58.2 Å². The van der Waals surface area contributed by atoms with Crippen molar-refractivity contribution in [2.45, 2.75) is 301 Å². The number of nitrogens with one attached hydrogen (secondary N) is 4. The molecule has 6 saturated carbocycles. The quantitative estimate of drug-likeness (QED) is 0.0598. The van der Waals surface area contributed by atoms with Crippen LogP contribution >= 0.6 is 0 Å². The average Bonchev–Trinajstić information content (AvgIpc) is 1.56. The largest absolute Gasteiger partial charge is 0.497 e. The van der Waals surface area contributed by atoms with Crippen LogP contribution in [0.25, 0.3) is 22.1 Å². The number of fused-ring (bicyclic) bond motifs is 10. The van der Waals surface area contributed by atoms with Gasteiger partial charge in [-0.2, -0.15) is 0 Å². The molecule has 14 rings (SSSR count). The number of carbonyl (C=O) groups is 8. The number of carbonyl (C=O) groups excluding carboxylic acids is 8. The van der Waals surface area contributed by atoms with E-state index in [1.807, 2.05) is 77.0 Å². The number of halogens is 4. The van der Waals surface area contributed by atoms with Gasteiger partial charge in [0.1, 0.15) is 69.5 Å². The van der Waals surface area contributed by atoms with Crippen LogP contribution in [0.4, 0.5) is 17.6 Å². The first-order valence-electron chi connectivity index (χ1n) is 41.8. The van der Waals surface area contributed by atoms with E-state index >= 15 is 0 Å². The molecule has 28 nitrogen and oxygen atoms in total. The van der Waals surface area contributed by atoms with Gasteiger partial charge in [0.05, 0.1) is 95.4 Å². The van der Waals surface area contributed by atoms with Gasteiger partial charge in [-0.05, 0) is 152 Å². The van der Waals surface area contributed by atoms with Crippen LogP contribution in [-0.2, 0) is 80.7 Å². The van der Waals surface area contributed by atoms with Crippen LogP contribution in [0, 0.1) is 58.2 Å². The van der Waals surface area contributed by atoms with Gasteiger partial charge in [0.25, 0.3) is 11.8 Å². The van der Waals surface area contributed by atoms with E-state index in [2.05, 4.69) is 10.6 Å². The van der Waals surface area contributed by atoms with E-state index in [1.165, 1.54) is 23.6 Å². The normalized spacial score (nSPS) is 31.9. The number of hydrogen-bond donors (Lipinski definition) is 4. The highest BCUT2D eigenvalue weighted by Gasteiger charge is 2.70. The Morgan fingerprint density at radius 1 is 0.546 bits per heavy atom. The number of benzene rings is 2. The third kappa shape index (κ3) is 18.0. The first-order chi connectivity index (χ1) is 55.3. The summed E-state index contributed by atoms with van der Waals surface area (Å²) in [5.41, 5.74) is -3.81. The predicted octanol–water partition coefficient (Wildman–Crippen LogP) is 11.1. The third-order valence-corrected chi connectivity index (χ3v) is 31.7. The smallest absolute Gasteiger partial charge is 0.307 e. The first-order valence-corrected chi connectivity index (χ1v) is 44.7. The summed E-state index contributed by atoms with van der Waals surface area (Å²) in [5, 5.41) is 5.02. The van der Waals surface area contributed by atoms with Crippen LogP contribution in [0.1, 0.15) is 230 Å². The SMILES string of the molecule is C.CC[C@@]12C[C@H]1CCCCCc1nc3ccc(OC)cc3nc1O[C@H]1CN(C(=O)[C@H](C(C)(C)C)CC(=O)O2)[C@H](C(=O)N[C@]2(C(=O)NS(=O)(=O)C3(C)CC3)C[C@H]2C(F)F)[C@@H]1C.CC[C@]12C[C@@H]1CCCCCc1nc3ccc(OC)cc3nc1O[C@H]1CN(C(=O)[C@H](C(C)(C)C)CC(=O)O2)[C@H](C(=O)N[C@]2(C(=O)NS(=O)(=O)C3(C)CC3)C[C@H]2C(F)F)[C@@H]1C. The molecule has 34 heteroatoms. The van der Waals surface area contributed by atoms with Gasteiger partial charge in [-0.15, -0.1) is 0 Å². The number of ether oxygens (including phenoxy) is 6. The lowest BCUT2D eigenvalue weighted by molar-refractivity contribution is -0.159. The molecule has 8 fully saturated rings. The van der Waals surface area contributed by atoms with Crippen molar-refractivity contribution >= 4 is 89.5 Å². The molecule has 0 spiro atoms. The number of sulfonamides is 2. The molecule has 16 atom stereocenters. The second-order valence-electron chi connectivity index (χ2n) is 37.6. The highest BCUT2D eigenvalue weighted by Crippen LogP contribution is 2.56. The third-order valence-electron chi connectivity index (χ3n) is 27.4. The van der Waals surface area contributed by atoms with Crippen LogP contribution in [0.2, 0.25) is 0 Å². The Kier molecular flexibility index (Phi) is 25.1. The van der Waals surface area contributed by atoms with E-state index in [-0.39, 0.29) is 57.0 Å². The number of rotatable bonds is 16. The van der Waals surface area contributed by atoms with Crippen LogP contribution in [0.3, 0.4) is 0 Å². The second-order valence-corrected chi connectivity index (χ2v) is 42.0. The number of methoxy groups -OCH3 is 2. The zero-order valence-corrected chi connectivity index (χ0v) is 71.5. The van der Waals surface area contributed by atoms with Gasteiger partial charge in [-0.1, -0.05) is 102 Å². The molecule has 2 aromatic carbocycles. The van der Waals surface area contributed by atoms with Gasteiger partial charge in [-0.25, -0.2) is 54.3 Å². The average molecular weight is 1710 g/mol. The molecule has 0 unspecified atom stereocenters. The maximum Gasteiger partial charge on any atom is 0.307 e. The number of nitrogens with zero attached hydrogens (tertiary/aromatic N) is 6. The first kappa shape index (κ1) is 89.9. The highest BCUT2D eigenvalue weighted by molar-refractivity contribution is 7.92. The minimum absolute atomic E-state index is 0. The van der Waals surface area contributed by atoms with E-state index in [1.54, 1.807) is 52.3 Å². The number of aryl methyl sites for hydroxylation is 2. The molecule has 4 bridgehead atoms. The fraction of sp³-hybridized carbons (Fsp3) is 0.718. The number of aromatic nitrogens is 4. The Labute approximate surface area is 694 Å². The fourth-order valence-corrected chi connectivity index (χ4v) is 20.7. The summed E-state index contributed by atoms with van der Waals surface area (Å²) in [5.74, 6) is -11.4. The molecule has 6 amide bonds. The Morgan fingerprint density at radius 3 is 1.22 bits per heavy atom. The summed E-state index contributed by atoms with van der Waals surface area (Å²) in [6.45, 7) is 20.8. The highest BCUT2D eigenvalue weighted by atomic mass is 32.2. The summed E-state index contributed by atoms with van der Waals surface area (Å²) >= 11 is 0. The molecule has 119 heavy (non-hydrogen) atoms. The maximum atomic E-state index is 14.9. The molecule has 6 aliphatic carbocycles. The van der Waals surface area contributed by atoms with Crippen LogP contribution in [0.5, 0.6) is 23.3 Å². The molecule has 2 aromatic heterocycles. The van der Waals surface area contributed by atoms with E-state index in [9.17, 15) is 72.8 Å². The Balaban J connectivity index is 0.000000217. The molecule has 656 valence electrons. The van der Waals surface area contributed by atoms with Gasteiger partial charge >= 0.3 is 11.9 Å². The molecule has 10 aliphatic rings. The lowest BCUT2D eigenvalue weighted by Gasteiger charge is -2.35. The van der Waals surface area contributed by atoms with Crippen molar-refractivity contribution < 1.29 is 101 Å². The lowest BCUT2D eigenvalue weighted by atomic mass is 9.77.